The number of aromatic nitrogens is 1. The summed E-state index contributed by atoms with van der Waals surface area (Å²) in [4.78, 5) is 29.6. The summed E-state index contributed by atoms with van der Waals surface area (Å²) >= 11 is 6.20. The van der Waals surface area contributed by atoms with E-state index in [0.717, 1.165) is 10.9 Å². The molecule has 136 valence electrons. The van der Waals surface area contributed by atoms with Gasteiger partial charge in [-0.2, -0.15) is 0 Å². The first kappa shape index (κ1) is 17.4. The predicted molar refractivity (Wildman–Crippen MR) is 101 cm³/mol. The van der Waals surface area contributed by atoms with E-state index in [1.165, 1.54) is 11.0 Å². The second-order valence-corrected chi connectivity index (χ2v) is 6.70. The summed E-state index contributed by atoms with van der Waals surface area (Å²) in [5.41, 5.74) is 1.95. The van der Waals surface area contributed by atoms with E-state index in [9.17, 15) is 14.0 Å². The summed E-state index contributed by atoms with van der Waals surface area (Å²) in [6.45, 7) is 0.791. The van der Waals surface area contributed by atoms with Crippen molar-refractivity contribution in [2.45, 2.75) is 0 Å². The molecule has 0 aliphatic carbocycles. The van der Waals surface area contributed by atoms with Crippen molar-refractivity contribution in [1.82, 2.24) is 15.2 Å². The van der Waals surface area contributed by atoms with Gasteiger partial charge in [0.25, 0.3) is 5.91 Å². The van der Waals surface area contributed by atoms with Crippen LogP contribution >= 0.6 is 11.6 Å². The molecule has 0 saturated carbocycles. The van der Waals surface area contributed by atoms with Gasteiger partial charge in [-0.05, 0) is 35.9 Å². The number of hydrogen-bond acceptors (Lipinski definition) is 3. The third kappa shape index (κ3) is 3.36. The quantitative estimate of drug-likeness (QED) is 0.738. The minimum atomic E-state index is -0.512. The maximum absolute atomic E-state index is 14.7. The molecule has 1 fully saturated rings. The lowest BCUT2D eigenvalue weighted by Crippen LogP contribution is -2.49. The van der Waals surface area contributed by atoms with Crippen LogP contribution in [0.5, 0.6) is 0 Å². The van der Waals surface area contributed by atoms with Crippen molar-refractivity contribution < 1.29 is 14.0 Å². The minimum Gasteiger partial charge on any atom is -0.353 e. The number of nitrogens with zero attached hydrogens (tertiary/aromatic N) is 2. The maximum Gasteiger partial charge on any atom is 0.254 e. The summed E-state index contributed by atoms with van der Waals surface area (Å²) in [5, 5.41) is 3.93. The van der Waals surface area contributed by atoms with Crippen LogP contribution in [-0.2, 0) is 4.79 Å². The molecule has 5 nitrogen and oxygen atoms in total. The molecule has 0 unspecified atom stereocenters. The summed E-state index contributed by atoms with van der Waals surface area (Å²) in [6.07, 6.45) is 1.62. The normalized spacial score (nSPS) is 14.3. The van der Waals surface area contributed by atoms with Crippen LogP contribution in [0.2, 0.25) is 5.02 Å². The van der Waals surface area contributed by atoms with Crippen molar-refractivity contribution in [3.63, 3.8) is 0 Å². The Hall–Kier alpha value is -2.99. The molecule has 0 radical (unpaired) electrons. The van der Waals surface area contributed by atoms with Crippen molar-refractivity contribution in [3.05, 3.63) is 65.1 Å². The van der Waals surface area contributed by atoms with E-state index in [2.05, 4.69) is 10.3 Å². The molecule has 7 heteroatoms. The van der Waals surface area contributed by atoms with Crippen molar-refractivity contribution >= 4 is 34.3 Å². The van der Waals surface area contributed by atoms with Crippen LogP contribution in [0.25, 0.3) is 22.0 Å². The second kappa shape index (κ2) is 6.96. The number of piperazine rings is 1. The monoisotopic (exact) mass is 383 g/mol. The fourth-order valence-corrected chi connectivity index (χ4v) is 3.36. The highest BCUT2D eigenvalue weighted by Crippen LogP contribution is 2.30. The van der Waals surface area contributed by atoms with Gasteiger partial charge >= 0.3 is 0 Å². The zero-order valence-electron chi connectivity index (χ0n) is 14.2. The van der Waals surface area contributed by atoms with E-state index >= 15 is 0 Å². The topological polar surface area (TPSA) is 62.3 Å². The average molecular weight is 384 g/mol. The fourth-order valence-electron chi connectivity index (χ4n) is 3.16. The lowest BCUT2D eigenvalue weighted by molar-refractivity contribution is -0.123. The summed E-state index contributed by atoms with van der Waals surface area (Å²) < 4.78 is 14.7. The molecule has 0 spiro atoms. The number of nitrogens with one attached hydrogen (secondary N) is 1. The number of fused-ring (bicyclic) bond motifs is 1. The molecule has 3 aromatic rings. The van der Waals surface area contributed by atoms with Crippen molar-refractivity contribution in [3.8, 4) is 11.1 Å². The van der Waals surface area contributed by atoms with Gasteiger partial charge in [-0.1, -0.05) is 23.7 Å². The van der Waals surface area contributed by atoms with Gasteiger partial charge in [0.05, 0.1) is 17.1 Å². The summed E-state index contributed by atoms with van der Waals surface area (Å²) in [5.74, 6) is -1.09. The van der Waals surface area contributed by atoms with Crippen LogP contribution in [0.4, 0.5) is 4.39 Å². The summed E-state index contributed by atoms with van der Waals surface area (Å²) in [6, 6.07) is 11.3. The van der Waals surface area contributed by atoms with Gasteiger partial charge < -0.3 is 10.2 Å². The van der Waals surface area contributed by atoms with Crippen LogP contribution in [0, 0.1) is 5.82 Å². The SMILES string of the molecule is O=C1CN(C(=O)c2ccc(-c3ccc4nccc(Cl)c4c3)c(F)c2)CCN1. The number of carbonyl (C=O) groups is 2. The van der Waals surface area contributed by atoms with Gasteiger partial charge in [0.2, 0.25) is 5.91 Å². The van der Waals surface area contributed by atoms with Crippen LogP contribution in [0.1, 0.15) is 10.4 Å². The molecule has 2 heterocycles. The zero-order valence-corrected chi connectivity index (χ0v) is 15.0. The number of pyridine rings is 1. The molecule has 1 aromatic heterocycles. The molecule has 27 heavy (non-hydrogen) atoms. The number of amides is 2. The molecule has 0 bridgehead atoms. The number of benzene rings is 2. The molecule has 0 atom stereocenters. The maximum atomic E-state index is 14.7. The van der Waals surface area contributed by atoms with E-state index in [1.807, 2.05) is 0 Å². The smallest absolute Gasteiger partial charge is 0.254 e. The lowest BCUT2D eigenvalue weighted by atomic mass is 10.0. The Labute approximate surface area is 159 Å². The predicted octanol–water partition coefficient (Wildman–Crippen LogP) is 3.27. The third-order valence-electron chi connectivity index (χ3n) is 4.54. The van der Waals surface area contributed by atoms with Crippen molar-refractivity contribution in [2.75, 3.05) is 19.6 Å². The van der Waals surface area contributed by atoms with Crippen LogP contribution in [0.3, 0.4) is 0 Å². The molecule has 1 aliphatic rings. The minimum absolute atomic E-state index is 0.0155. The molecule has 2 amide bonds. The molecule has 4 rings (SSSR count). The third-order valence-corrected chi connectivity index (χ3v) is 4.87. The van der Waals surface area contributed by atoms with Gasteiger partial charge in [0, 0.05) is 35.8 Å². The van der Waals surface area contributed by atoms with Gasteiger partial charge in [-0.3, -0.25) is 14.6 Å². The molecular weight excluding hydrogens is 369 g/mol. The van der Waals surface area contributed by atoms with E-state index in [0.29, 0.717) is 29.2 Å². The van der Waals surface area contributed by atoms with Crippen LogP contribution in [-0.4, -0.2) is 41.3 Å². The highest BCUT2D eigenvalue weighted by Gasteiger charge is 2.23. The Bertz CT molecular complexity index is 1070. The van der Waals surface area contributed by atoms with E-state index < -0.39 is 5.82 Å². The van der Waals surface area contributed by atoms with Crippen LogP contribution in [0.15, 0.2) is 48.7 Å². The van der Waals surface area contributed by atoms with E-state index in [1.54, 1.807) is 42.6 Å². The number of hydrogen-bond donors (Lipinski definition) is 1. The highest BCUT2D eigenvalue weighted by atomic mass is 35.5. The lowest BCUT2D eigenvalue weighted by Gasteiger charge is -2.26. The van der Waals surface area contributed by atoms with Crippen LogP contribution < -0.4 is 5.32 Å². The number of carbonyl (C=O) groups excluding carboxylic acids is 2. The Kier molecular flexibility index (Phi) is 4.49. The Balaban J connectivity index is 1.67. The first-order valence-electron chi connectivity index (χ1n) is 8.43. The Morgan fingerprint density at radius 3 is 2.81 bits per heavy atom. The fraction of sp³-hybridized carbons (Fsp3) is 0.150. The van der Waals surface area contributed by atoms with Gasteiger partial charge in [0.15, 0.2) is 0 Å². The molecule has 1 saturated heterocycles. The Morgan fingerprint density at radius 1 is 1.19 bits per heavy atom. The molecular formula is C20H15ClFN3O2. The van der Waals surface area contributed by atoms with Crippen molar-refractivity contribution in [1.29, 1.82) is 0 Å². The first-order valence-corrected chi connectivity index (χ1v) is 8.81. The highest BCUT2D eigenvalue weighted by molar-refractivity contribution is 6.35. The Morgan fingerprint density at radius 2 is 2.04 bits per heavy atom. The summed E-state index contributed by atoms with van der Waals surface area (Å²) in [7, 11) is 0. The molecule has 2 aromatic carbocycles. The number of halogens is 2. The average Bonchev–Trinajstić information content (AvgIpc) is 2.67. The molecule has 1 N–H and O–H groups in total. The largest absolute Gasteiger partial charge is 0.353 e. The number of rotatable bonds is 2. The van der Waals surface area contributed by atoms with Gasteiger partial charge in [-0.25, -0.2) is 4.39 Å². The van der Waals surface area contributed by atoms with Gasteiger partial charge in [0.1, 0.15) is 5.82 Å². The van der Waals surface area contributed by atoms with Crippen molar-refractivity contribution in [2.24, 2.45) is 0 Å². The zero-order chi connectivity index (χ0) is 19.0. The molecule has 1 aliphatic heterocycles. The second-order valence-electron chi connectivity index (χ2n) is 6.30. The van der Waals surface area contributed by atoms with E-state index in [4.69, 9.17) is 11.6 Å². The standard InChI is InChI=1S/C20H15ClFN3O2/c21-16-5-6-23-18-4-2-12(9-15(16)18)14-3-1-13(10-17(14)22)20(27)25-8-7-24-19(26)11-25/h1-6,9-10H,7-8,11H2,(H,24,26). The van der Waals surface area contributed by atoms with Gasteiger partial charge in [-0.15, -0.1) is 0 Å². The van der Waals surface area contributed by atoms with E-state index in [-0.39, 0.29) is 23.9 Å². The first-order chi connectivity index (χ1) is 13.0.